The number of fused-ring (bicyclic) bond motifs is 2. The number of nitrogens with zero attached hydrogens (tertiary/aromatic N) is 3. The minimum Gasteiger partial charge on any atom is -0.354 e. The van der Waals surface area contributed by atoms with Gasteiger partial charge in [-0.05, 0) is 37.1 Å². The standard InChI is InChI=1S/C22H19F5N4O4S/c1-36(33,34)29-12-9-13-5-6-30(21(32)31(13)10-12)20-19-14(18-15(23)3-2-4-16(18)24)7-11(22(25,26)27)8-17(19)35-28-20/h2-4,7-8,12-13,29H,5-6,9-10H2,1H3/t12-,13+/m0/s1. The SMILES string of the molecule is CS(=O)(=O)N[C@H]1C[C@H]2CCN(c3noc4cc(C(F)(F)F)cc(-c5c(F)cccc5F)c34)C(=O)N2C1. The number of alkyl halides is 3. The Balaban J connectivity index is 1.61. The predicted molar refractivity (Wildman–Crippen MR) is 119 cm³/mol. The summed E-state index contributed by atoms with van der Waals surface area (Å²) in [6, 6.07) is 2.83. The van der Waals surface area contributed by atoms with Crippen molar-refractivity contribution in [1.29, 1.82) is 0 Å². The first kappa shape index (κ1) is 24.4. The number of hydrogen-bond acceptors (Lipinski definition) is 5. The first-order valence-electron chi connectivity index (χ1n) is 10.8. The molecule has 3 aromatic rings. The van der Waals surface area contributed by atoms with Crippen LogP contribution in [0.15, 0.2) is 34.9 Å². The van der Waals surface area contributed by atoms with E-state index in [1.807, 2.05) is 0 Å². The lowest BCUT2D eigenvalue weighted by molar-refractivity contribution is -0.137. The van der Waals surface area contributed by atoms with E-state index in [1.54, 1.807) is 0 Å². The third-order valence-electron chi connectivity index (χ3n) is 6.33. The van der Waals surface area contributed by atoms with Crippen LogP contribution in [-0.2, 0) is 16.2 Å². The summed E-state index contributed by atoms with van der Waals surface area (Å²) in [5.41, 5.74) is -2.77. The maximum Gasteiger partial charge on any atom is 0.416 e. The van der Waals surface area contributed by atoms with E-state index >= 15 is 0 Å². The number of anilines is 1. The first-order chi connectivity index (χ1) is 16.8. The van der Waals surface area contributed by atoms with Crippen molar-refractivity contribution in [2.75, 3.05) is 24.2 Å². The molecule has 0 radical (unpaired) electrons. The van der Waals surface area contributed by atoms with Crippen molar-refractivity contribution in [1.82, 2.24) is 14.8 Å². The van der Waals surface area contributed by atoms with Gasteiger partial charge in [-0.1, -0.05) is 11.2 Å². The average Bonchev–Trinajstić information content (AvgIpc) is 3.36. The molecule has 0 bridgehead atoms. The molecule has 2 amide bonds. The molecule has 0 aliphatic carbocycles. The predicted octanol–water partition coefficient (Wildman–Crippen LogP) is 4.11. The molecule has 2 aliphatic heterocycles. The Labute approximate surface area is 201 Å². The molecular weight excluding hydrogens is 511 g/mol. The smallest absolute Gasteiger partial charge is 0.354 e. The summed E-state index contributed by atoms with van der Waals surface area (Å²) in [4.78, 5) is 15.9. The fourth-order valence-electron chi connectivity index (χ4n) is 4.89. The van der Waals surface area contributed by atoms with Gasteiger partial charge in [0.25, 0.3) is 0 Å². The van der Waals surface area contributed by atoms with E-state index in [9.17, 15) is 35.2 Å². The highest BCUT2D eigenvalue weighted by Gasteiger charge is 2.43. The first-order valence-corrected chi connectivity index (χ1v) is 12.7. The molecule has 192 valence electrons. The minimum absolute atomic E-state index is 0.0792. The Morgan fingerprint density at radius 3 is 2.50 bits per heavy atom. The van der Waals surface area contributed by atoms with Crippen molar-refractivity contribution in [2.45, 2.75) is 31.1 Å². The van der Waals surface area contributed by atoms with Gasteiger partial charge in [0.15, 0.2) is 11.4 Å². The van der Waals surface area contributed by atoms with Gasteiger partial charge in [-0.15, -0.1) is 0 Å². The van der Waals surface area contributed by atoms with Gasteiger partial charge in [0.05, 0.1) is 22.8 Å². The van der Waals surface area contributed by atoms with E-state index < -0.39 is 62.2 Å². The molecule has 0 spiro atoms. The Bertz CT molecular complexity index is 1450. The molecule has 2 saturated heterocycles. The summed E-state index contributed by atoms with van der Waals surface area (Å²) >= 11 is 0. The van der Waals surface area contributed by atoms with E-state index in [0.29, 0.717) is 25.0 Å². The molecule has 14 heteroatoms. The zero-order valence-electron chi connectivity index (χ0n) is 18.6. The molecule has 8 nitrogen and oxygen atoms in total. The van der Waals surface area contributed by atoms with Gasteiger partial charge in [-0.3, -0.25) is 4.90 Å². The number of halogens is 5. The molecule has 1 N–H and O–H groups in total. The van der Waals surface area contributed by atoms with Gasteiger partial charge in [-0.2, -0.15) is 13.2 Å². The minimum atomic E-state index is -4.84. The highest BCUT2D eigenvalue weighted by atomic mass is 32.2. The van der Waals surface area contributed by atoms with Crippen LogP contribution in [0.3, 0.4) is 0 Å². The van der Waals surface area contributed by atoms with Crippen molar-refractivity contribution < 1.29 is 39.7 Å². The molecule has 5 rings (SSSR count). The van der Waals surface area contributed by atoms with Gasteiger partial charge in [0, 0.05) is 30.7 Å². The number of amides is 2. The molecule has 36 heavy (non-hydrogen) atoms. The fraction of sp³-hybridized carbons (Fsp3) is 0.364. The van der Waals surface area contributed by atoms with Crippen molar-refractivity contribution in [3.63, 3.8) is 0 Å². The van der Waals surface area contributed by atoms with Crippen LogP contribution in [-0.4, -0.2) is 55.9 Å². The lowest BCUT2D eigenvalue weighted by atomic mass is 9.97. The van der Waals surface area contributed by atoms with Crippen LogP contribution in [0.2, 0.25) is 0 Å². The van der Waals surface area contributed by atoms with Gasteiger partial charge in [-0.25, -0.2) is 26.7 Å². The van der Waals surface area contributed by atoms with E-state index in [0.717, 1.165) is 24.5 Å². The second kappa shape index (κ2) is 8.40. The number of hydrogen-bond donors (Lipinski definition) is 1. The zero-order chi connectivity index (χ0) is 26.0. The number of benzene rings is 2. The fourth-order valence-corrected chi connectivity index (χ4v) is 5.67. The van der Waals surface area contributed by atoms with Crippen molar-refractivity contribution >= 4 is 32.8 Å². The van der Waals surface area contributed by atoms with E-state index in [1.165, 1.54) is 9.80 Å². The zero-order valence-corrected chi connectivity index (χ0v) is 19.5. The third-order valence-corrected chi connectivity index (χ3v) is 7.09. The Morgan fingerprint density at radius 2 is 1.86 bits per heavy atom. The molecule has 0 unspecified atom stereocenters. The normalized spacial score (nSPS) is 20.9. The largest absolute Gasteiger partial charge is 0.416 e. The quantitative estimate of drug-likeness (QED) is 0.513. The lowest BCUT2D eigenvalue weighted by Gasteiger charge is -2.36. The number of urea groups is 1. The lowest BCUT2D eigenvalue weighted by Crippen LogP contribution is -2.52. The van der Waals surface area contributed by atoms with Gasteiger partial charge < -0.3 is 9.42 Å². The van der Waals surface area contributed by atoms with Crippen LogP contribution in [0.1, 0.15) is 18.4 Å². The molecule has 3 heterocycles. The number of carbonyl (C=O) groups is 1. The number of sulfonamides is 1. The number of aromatic nitrogens is 1. The van der Waals surface area contributed by atoms with E-state index in [2.05, 4.69) is 9.88 Å². The van der Waals surface area contributed by atoms with E-state index in [-0.39, 0.29) is 30.3 Å². The van der Waals surface area contributed by atoms with Gasteiger partial charge >= 0.3 is 12.2 Å². The molecule has 2 aromatic carbocycles. The molecule has 2 fully saturated rings. The van der Waals surface area contributed by atoms with Crippen LogP contribution in [0.4, 0.5) is 32.6 Å². The molecule has 1 aromatic heterocycles. The van der Waals surface area contributed by atoms with Crippen molar-refractivity contribution in [3.8, 4) is 11.1 Å². The monoisotopic (exact) mass is 530 g/mol. The molecule has 2 atom stereocenters. The van der Waals surface area contributed by atoms with Gasteiger partial charge in [0.2, 0.25) is 10.0 Å². The summed E-state index contributed by atoms with van der Waals surface area (Å²) in [7, 11) is -3.51. The highest BCUT2D eigenvalue weighted by Crippen LogP contribution is 2.43. The van der Waals surface area contributed by atoms with Crippen LogP contribution >= 0.6 is 0 Å². The van der Waals surface area contributed by atoms with Gasteiger partial charge in [0.1, 0.15) is 11.6 Å². The highest BCUT2D eigenvalue weighted by molar-refractivity contribution is 7.88. The van der Waals surface area contributed by atoms with Crippen molar-refractivity contribution in [2.24, 2.45) is 0 Å². The Kier molecular flexibility index (Phi) is 5.70. The summed E-state index contributed by atoms with van der Waals surface area (Å²) in [6.45, 7) is 0.170. The average molecular weight is 530 g/mol. The molecular formula is C22H19F5N4O4S. The number of carbonyl (C=O) groups excluding carboxylic acids is 1. The van der Waals surface area contributed by atoms with Crippen LogP contribution in [0.25, 0.3) is 22.1 Å². The Morgan fingerprint density at radius 1 is 1.17 bits per heavy atom. The number of rotatable bonds is 4. The Hall–Kier alpha value is -3.26. The maximum absolute atomic E-state index is 14.7. The summed E-state index contributed by atoms with van der Waals surface area (Å²) < 4.78 is 101. The molecule has 2 aliphatic rings. The maximum atomic E-state index is 14.7. The number of nitrogens with one attached hydrogen (secondary N) is 1. The summed E-state index contributed by atoms with van der Waals surface area (Å²) in [5, 5.41) is 3.66. The third kappa shape index (κ3) is 4.28. The molecule has 0 saturated carbocycles. The van der Waals surface area contributed by atoms with Crippen LogP contribution in [0, 0.1) is 11.6 Å². The summed E-state index contributed by atoms with van der Waals surface area (Å²) in [5.74, 6) is -2.37. The summed E-state index contributed by atoms with van der Waals surface area (Å²) in [6.07, 6.45) is -3.03. The topological polar surface area (TPSA) is 95.7 Å². The van der Waals surface area contributed by atoms with Crippen molar-refractivity contribution in [3.05, 3.63) is 47.5 Å². The van der Waals surface area contributed by atoms with Crippen LogP contribution in [0.5, 0.6) is 0 Å². The van der Waals surface area contributed by atoms with Crippen LogP contribution < -0.4 is 9.62 Å². The second-order valence-electron chi connectivity index (χ2n) is 8.85. The van der Waals surface area contributed by atoms with E-state index in [4.69, 9.17) is 4.52 Å². The second-order valence-corrected chi connectivity index (χ2v) is 10.6.